The fraction of sp³-hybridized carbons (Fsp3) is 0.455. The van der Waals surface area contributed by atoms with Crippen LogP contribution < -0.4 is 11.5 Å². The van der Waals surface area contributed by atoms with E-state index in [1.165, 1.54) is 5.56 Å². The van der Waals surface area contributed by atoms with Gasteiger partial charge in [0.25, 0.3) is 0 Å². The van der Waals surface area contributed by atoms with Gasteiger partial charge in [-0.15, -0.1) is 12.6 Å². The highest BCUT2D eigenvalue weighted by atomic mass is 32.1. The van der Waals surface area contributed by atoms with Crippen LogP contribution in [0.25, 0.3) is 0 Å². The Morgan fingerprint density at radius 1 is 1.40 bits per heavy atom. The highest BCUT2D eigenvalue weighted by Gasteiger charge is 2.37. The summed E-state index contributed by atoms with van der Waals surface area (Å²) < 4.78 is 5.23. The van der Waals surface area contributed by atoms with Crippen molar-refractivity contribution >= 4 is 18.3 Å². The summed E-state index contributed by atoms with van der Waals surface area (Å²) in [7, 11) is 0. The molecule has 82 valence electrons. The molecule has 1 aromatic rings. The Kier molecular flexibility index (Phi) is 2.91. The van der Waals surface area contributed by atoms with Crippen molar-refractivity contribution < 1.29 is 4.74 Å². The fourth-order valence-corrected chi connectivity index (χ4v) is 2.06. The minimum atomic E-state index is 0.135. The van der Waals surface area contributed by atoms with E-state index in [0.29, 0.717) is 12.2 Å². The molecule has 4 heteroatoms. The van der Waals surface area contributed by atoms with Crippen LogP contribution in [0.1, 0.15) is 5.56 Å². The average Bonchev–Trinajstić information content (AvgIpc) is 2.17. The Labute approximate surface area is 95.2 Å². The molecule has 0 radical (unpaired) electrons. The monoisotopic (exact) mass is 224 g/mol. The van der Waals surface area contributed by atoms with Gasteiger partial charge in [-0.1, -0.05) is 6.07 Å². The van der Waals surface area contributed by atoms with E-state index in [0.717, 1.165) is 24.5 Å². The Hall–Kier alpha value is -0.710. The van der Waals surface area contributed by atoms with Crippen molar-refractivity contribution in [2.45, 2.75) is 11.3 Å². The average molecular weight is 224 g/mol. The molecule has 0 aliphatic carbocycles. The summed E-state index contributed by atoms with van der Waals surface area (Å²) in [5.74, 6) is 0. The predicted octanol–water partition coefficient (Wildman–Crippen LogP) is 1.08. The zero-order chi connectivity index (χ0) is 10.9. The molecule has 2 rings (SSSR count). The molecule has 3 nitrogen and oxygen atoms in total. The molecule has 1 aliphatic rings. The second-order valence-corrected chi connectivity index (χ2v) is 4.75. The number of nitrogens with two attached hydrogens (primary N) is 2. The molecule has 0 bridgehead atoms. The van der Waals surface area contributed by atoms with E-state index in [2.05, 4.69) is 12.6 Å². The third-order valence-electron chi connectivity index (χ3n) is 2.92. The van der Waals surface area contributed by atoms with Crippen molar-refractivity contribution in [3.63, 3.8) is 0 Å². The molecule has 0 amide bonds. The van der Waals surface area contributed by atoms with Crippen LogP contribution in [0.3, 0.4) is 0 Å². The van der Waals surface area contributed by atoms with E-state index in [1.807, 2.05) is 18.2 Å². The fourth-order valence-electron chi connectivity index (χ4n) is 1.82. The summed E-state index contributed by atoms with van der Waals surface area (Å²) in [6.07, 6.45) is 0.942. The van der Waals surface area contributed by atoms with Gasteiger partial charge in [0.05, 0.1) is 13.2 Å². The van der Waals surface area contributed by atoms with Crippen molar-refractivity contribution in [3.05, 3.63) is 23.8 Å². The summed E-state index contributed by atoms with van der Waals surface area (Å²) in [5.41, 5.74) is 13.5. The molecular weight excluding hydrogens is 208 g/mol. The van der Waals surface area contributed by atoms with E-state index in [4.69, 9.17) is 16.2 Å². The van der Waals surface area contributed by atoms with E-state index in [9.17, 15) is 0 Å². The molecule has 1 aromatic carbocycles. The third kappa shape index (κ3) is 2.12. The lowest BCUT2D eigenvalue weighted by atomic mass is 9.80. The molecule has 1 fully saturated rings. The van der Waals surface area contributed by atoms with Gasteiger partial charge in [-0.05, 0) is 24.1 Å². The van der Waals surface area contributed by atoms with E-state index in [-0.39, 0.29) is 5.41 Å². The minimum Gasteiger partial charge on any atom is -0.398 e. The SMILES string of the molecule is NCC1(Cc2ccc(N)c(S)c2)COC1. The first-order valence-corrected chi connectivity index (χ1v) is 5.45. The van der Waals surface area contributed by atoms with Gasteiger partial charge < -0.3 is 16.2 Å². The predicted molar refractivity (Wildman–Crippen MR) is 64.1 cm³/mol. The summed E-state index contributed by atoms with van der Waals surface area (Å²) in [6, 6.07) is 5.93. The molecular formula is C11H16N2OS. The highest BCUT2D eigenvalue weighted by molar-refractivity contribution is 7.80. The number of ether oxygens (including phenoxy) is 1. The first-order valence-electron chi connectivity index (χ1n) is 5.00. The van der Waals surface area contributed by atoms with Crippen LogP contribution in [0, 0.1) is 5.41 Å². The van der Waals surface area contributed by atoms with Crippen LogP contribution in [0.4, 0.5) is 5.69 Å². The van der Waals surface area contributed by atoms with Gasteiger partial charge >= 0.3 is 0 Å². The van der Waals surface area contributed by atoms with Crippen LogP contribution in [-0.2, 0) is 11.2 Å². The number of thiol groups is 1. The standard InChI is InChI=1S/C11H16N2OS/c12-5-11(6-14-7-11)4-8-1-2-9(13)10(15)3-8/h1-3,15H,4-7,12-13H2. The maximum Gasteiger partial charge on any atom is 0.0560 e. The summed E-state index contributed by atoms with van der Waals surface area (Å²) in [5, 5.41) is 0. The molecule has 1 saturated heterocycles. The molecule has 0 aromatic heterocycles. The van der Waals surface area contributed by atoms with Crippen LogP contribution in [0.5, 0.6) is 0 Å². The molecule has 4 N–H and O–H groups in total. The third-order valence-corrected chi connectivity index (χ3v) is 3.31. The largest absolute Gasteiger partial charge is 0.398 e. The number of rotatable bonds is 3. The number of hydrogen-bond acceptors (Lipinski definition) is 4. The minimum absolute atomic E-state index is 0.135. The maximum absolute atomic E-state index is 5.76. The van der Waals surface area contributed by atoms with Crippen LogP contribution in [-0.4, -0.2) is 19.8 Å². The Bertz CT molecular complexity index is 358. The van der Waals surface area contributed by atoms with Crippen molar-refractivity contribution in [2.75, 3.05) is 25.5 Å². The van der Waals surface area contributed by atoms with Crippen molar-refractivity contribution in [2.24, 2.45) is 11.1 Å². The Morgan fingerprint density at radius 3 is 2.60 bits per heavy atom. The van der Waals surface area contributed by atoms with Crippen LogP contribution >= 0.6 is 12.6 Å². The van der Waals surface area contributed by atoms with Crippen LogP contribution in [0.2, 0.25) is 0 Å². The zero-order valence-electron chi connectivity index (χ0n) is 8.57. The maximum atomic E-state index is 5.76. The van der Waals surface area contributed by atoms with Gasteiger partial charge in [-0.25, -0.2) is 0 Å². The summed E-state index contributed by atoms with van der Waals surface area (Å²) in [4.78, 5) is 0.833. The topological polar surface area (TPSA) is 61.3 Å². The number of hydrogen-bond donors (Lipinski definition) is 3. The lowest BCUT2D eigenvalue weighted by molar-refractivity contribution is -0.106. The van der Waals surface area contributed by atoms with Gasteiger partial charge in [0.1, 0.15) is 0 Å². The van der Waals surface area contributed by atoms with Crippen molar-refractivity contribution in [1.82, 2.24) is 0 Å². The number of nitrogen functional groups attached to an aromatic ring is 1. The Balaban J connectivity index is 2.13. The Morgan fingerprint density at radius 2 is 2.13 bits per heavy atom. The summed E-state index contributed by atoms with van der Waals surface area (Å²) >= 11 is 4.31. The summed E-state index contributed by atoms with van der Waals surface area (Å²) in [6.45, 7) is 2.19. The van der Waals surface area contributed by atoms with Gasteiger partial charge in [0.2, 0.25) is 0 Å². The lowest BCUT2D eigenvalue weighted by Crippen LogP contribution is -2.49. The van der Waals surface area contributed by atoms with Gasteiger partial charge in [-0.3, -0.25) is 0 Å². The van der Waals surface area contributed by atoms with Crippen LogP contribution in [0.15, 0.2) is 23.1 Å². The van der Waals surface area contributed by atoms with E-state index >= 15 is 0 Å². The quantitative estimate of drug-likeness (QED) is 0.532. The van der Waals surface area contributed by atoms with E-state index < -0.39 is 0 Å². The van der Waals surface area contributed by atoms with Gasteiger partial charge in [0.15, 0.2) is 0 Å². The second kappa shape index (κ2) is 4.04. The molecule has 0 atom stereocenters. The molecule has 1 heterocycles. The zero-order valence-corrected chi connectivity index (χ0v) is 9.47. The number of anilines is 1. The van der Waals surface area contributed by atoms with Gasteiger partial charge in [0, 0.05) is 22.5 Å². The smallest absolute Gasteiger partial charge is 0.0560 e. The highest BCUT2D eigenvalue weighted by Crippen LogP contribution is 2.31. The normalized spacial score (nSPS) is 18.5. The first kappa shape index (κ1) is 10.8. The van der Waals surface area contributed by atoms with Crippen molar-refractivity contribution in [1.29, 1.82) is 0 Å². The second-order valence-electron chi connectivity index (χ2n) is 4.27. The van der Waals surface area contributed by atoms with E-state index in [1.54, 1.807) is 0 Å². The molecule has 0 saturated carbocycles. The molecule has 0 unspecified atom stereocenters. The molecule has 15 heavy (non-hydrogen) atoms. The van der Waals surface area contributed by atoms with Gasteiger partial charge in [-0.2, -0.15) is 0 Å². The molecule has 0 spiro atoms. The van der Waals surface area contributed by atoms with Crippen molar-refractivity contribution in [3.8, 4) is 0 Å². The molecule has 1 aliphatic heterocycles. The first-order chi connectivity index (χ1) is 7.15. The number of benzene rings is 1. The lowest BCUT2D eigenvalue weighted by Gasteiger charge is -2.40.